The molecule has 0 aliphatic heterocycles. The third kappa shape index (κ3) is 4.37. The molecule has 6 nitrogen and oxygen atoms in total. The van der Waals surface area contributed by atoms with Gasteiger partial charge in [-0.05, 0) is 43.0 Å². The van der Waals surface area contributed by atoms with E-state index < -0.39 is 17.6 Å². The van der Waals surface area contributed by atoms with Crippen molar-refractivity contribution >= 4 is 45.8 Å². The molecule has 1 aromatic carbocycles. The monoisotopic (exact) mass is 405 g/mol. The van der Waals surface area contributed by atoms with Crippen LogP contribution in [0.15, 0.2) is 44.9 Å². The lowest BCUT2D eigenvalue weighted by atomic mass is 10.1. The Kier molecular flexibility index (Phi) is 5.62. The number of carbonyl (C=O) groups excluding carboxylic acids is 2. The van der Waals surface area contributed by atoms with Gasteiger partial charge < -0.3 is 14.5 Å². The zero-order chi connectivity index (χ0) is 19.6. The first kappa shape index (κ1) is 19.1. The lowest BCUT2D eigenvalue weighted by Crippen LogP contribution is -2.39. The highest BCUT2D eigenvalue weighted by atomic mass is 35.5. The molecule has 2 heterocycles. The van der Waals surface area contributed by atoms with E-state index in [1.54, 1.807) is 36.6 Å². The van der Waals surface area contributed by atoms with Crippen LogP contribution < -0.4 is 10.9 Å². The summed E-state index contributed by atoms with van der Waals surface area (Å²) in [6.07, 6.45) is 0. The van der Waals surface area contributed by atoms with Gasteiger partial charge in [0.1, 0.15) is 18.2 Å². The Bertz CT molecular complexity index is 1060. The number of ether oxygens (including phenoxy) is 1. The zero-order valence-corrected chi connectivity index (χ0v) is 16.1. The number of aryl methyl sites for hydroxylation is 1. The van der Waals surface area contributed by atoms with Crippen LogP contribution in [-0.2, 0) is 16.1 Å². The van der Waals surface area contributed by atoms with Crippen molar-refractivity contribution in [3.63, 3.8) is 0 Å². The van der Waals surface area contributed by atoms with E-state index in [2.05, 4.69) is 5.32 Å². The number of fused-ring (bicyclic) bond motifs is 1. The van der Waals surface area contributed by atoms with Crippen LogP contribution in [0.2, 0.25) is 5.02 Å². The number of benzene rings is 1. The van der Waals surface area contributed by atoms with Crippen LogP contribution in [0, 0.1) is 6.92 Å². The molecular weight excluding hydrogens is 390 g/mol. The van der Waals surface area contributed by atoms with E-state index in [0.29, 0.717) is 26.4 Å². The van der Waals surface area contributed by atoms with Crippen molar-refractivity contribution in [2.45, 2.75) is 26.5 Å². The number of amides is 1. The maximum absolute atomic E-state index is 12.2. The molecule has 0 spiro atoms. The topological polar surface area (TPSA) is 85.6 Å². The van der Waals surface area contributed by atoms with E-state index in [1.807, 2.05) is 0 Å². The first-order chi connectivity index (χ1) is 12.8. The van der Waals surface area contributed by atoms with Gasteiger partial charge in [0.15, 0.2) is 0 Å². The molecule has 3 aromatic rings. The van der Waals surface area contributed by atoms with Gasteiger partial charge in [0.05, 0.1) is 4.88 Å². The van der Waals surface area contributed by atoms with Crippen LogP contribution in [0.1, 0.15) is 27.7 Å². The summed E-state index contributed by atoms with van der Waals surface area (Å²) >= 11 is 7.42. The summed E-state index contributed by atoms with van der Waals surface area (Å²) in [7, 11) is 0. The number of nitrogens with one attached hydrogen (secondary N) is 1. The van der Waals surface area contributed by atoms with Gasteiger partial charge in [-0.3, -0.25) is 4.79 Å². The SMILES string of the molecule is Cc1cc2oc(=O)cc(COC(=O)C(C)NC(=O)c3cccs3)c2cc1Cl. The van der Waals surface area contributed by atoms with E-state index in [-0.39, 0.29) is 12.5 Å². The summed E-state index contributed by atoms with van der Waals surface area (Å²) in [5, 5.41) is 5.46. The molecule has 1 N–H and O–H groups in total. The van der Waals surface area contributed by atoms with E-state index in [4.69, 9.17) is 20.8 Å². The maximum atomic E-state index is 12.2. The number of esters is 1. The fourth-order valence-electron chi connectivity index (χ4n) is 2.48. The summed E-state index contributed by atoms with van der Waals surface area (Å²) in [6, 6.07) is 7.17. The quantitative estimate of drug-likeness (QED) is 0.517. The number of rotatable bonds is 5. The Morgan fingerprint density at radius 2 is 2.11 bits per heavy atom. The lowest BCUT2D eigenvalue weighted by molar-refractivity contribution is -0.146. The van der Waals surface area contributed by atoms with Crippen molar-refractivity contribution in [1.29, 1.82) is 0 Å². The molecule has 1 amide bonds. The Morgan fingerprint density at radius 3 is 2.81 bits per heavy atom. The number of hydrogen-bond acceptors (Lipinski definition) is 6. The number of hydrogen-bond donors (Lipinski definition) is 1. The summed E-state index contributed by atoms with van der Waals surface area (Å²) < 4.78 is 10.4. The van der Waals surface area contributed by atoms with Gasteiger partial charge in [0.25, 0.3) is 5.91 Å². The Balaban J connectivity index is 1.72. The highest BCUT2D eigenvalue weighted by molar-refractivity contribution is 7.12. The van der Waals surface area contributed by atoms with Gasteiger partial charge in [-0.25, -0.2) is 9.59 Å². The smallest absolute Gasteiger partial charge is 0.336 e. The molecule has 1 unspecified atom stereocenters. The third-order valence-corrected chi connectivity index (χ3v) is 5.20. The molecule has 8 heteroatoms. The second-order valence-corrected chi connectivity index (χ2v) is 7.32. The van der Waals surface area contributed by atoms with Gasteiger partial charge in [0.2, 0.25) is 0 Å². The summed E-state index contributed by atoms with van der Waals surface area (Å²) in [4.78, 5) is 36.5. The second kappa shape index (κ2) is 7.94. The molecule has 0 saturated heterocycles. The highest BCUT2D eigenvalue weighted by Crippen LogP contribution is 2.25. The largest absolute Gasteiger partial charge is 0.459 e. The van der Waals surface area contributed by atoms with Gasteiger partial charge in [0, 0.05) is 22.0 Å². The Hall–Kier alpha value is -2.64. The van der Waals surface area contributed by atoms with Gasteiger partial charge in [-0.1, -0.05) is 17.7 Å². The highest BCUT2D eigenvalue weighted by Gasteiger charge is 2.19. The van der Waals surface area contributed by atoms with Crippen LogP contribution >= 0.6 is 22.9 Å². The predicted octanol–water partition coefficient (Wildman–Crippen LogP) is 3.68. The molecule has 140 valence electrons. The normalized spacial score (nSPS) is 12.0. The van der Waals surface area contributed by atoms with Gasteiger partial charge >= 0.3 is 11.6 Å². The van der Waals surface area contributed by atoms with Crippen LogP contribution in [0.3, 0.4) is 0 Å². The lowest BCUT2D eigenvalue weighted by Gasteiger charge is -2.13. The molecule has 1 atom stereocenters. The molecule has 0 fully saturated rings. The summed E-state index contributed by atoms with van der Waals surface area (Å²) in [5.74, 6) is -0.956. The van der Waals surface area contributed by atoms with Crippen molar-refractivity contribution in [1.82, 2.24) is 5.32 Å². The van der Waals surface area contributed by atoms with Crippen molar-refractivity contribution in [3.05, 3.63) is 67.2 Å². The van der Waals surface area contributed by atoms with E-state index in [9.17, 15) is 14.4 Å². The first-order valence-electron chi connectivity index (χ1n) is 8.09. The van der Waals surface area contributed by atoms with Gasteiger partial charge in [-0.2, -0.15) is 0 Å². The fraction of sp³-hybridized carbons (Fsp3) is 0.211. The van der Waals surface area contributed by atoms with Crippen molar-refractivity contribution in [2.24, 2.45) is 0 Å². The molecule has 0 saturated carbocycles. The average Bonchev–Trinajstić information content (AvgIpc) is 3.15. The van der Waals surface area contributed by atoms with Gasteiger partial charge in [-0.15, -0.1) is 11.3 Å². The van der Waals surface area contributed by atoms with Crippen LogP contribution in [-0.4, -0.2) is 17.9 Å². The van der Waals surface area contributed by atoms with Crippen LogP contribution in [0.4, 0.5) is 0 Å². The number of thiophene rings is 1. The minimum Gasteiger partial charge on any atom is -0.459 e. The summed E-state index contributed by atoms with van der Waals surface area (Å²) in [5.41, 5.74) is 1.07. The molecule has 0 radical (unpaired) electrons. The molecule has 0 aliphatic rings. The van der Waals surface area contributed by atoms with E-state index >= 15 is 0 Å². The van der Waals surface area contributed by atoms with Crippen molar-refractivity contribution in [3.8, 4) is 0 Å². The summed E-state index contributed by atoms with van der Waals surface area (Å²) in [6.45, 7) is 3.19. The van der Waals surface area contributed by atoms with E-state index in [1.165, 1.54) is 24.3 Å². The molecule has 0 aliphatic carbocycles. The Labute approximate surface area is 163 Å². The Morgan fingerprint density at radius 1 is 1.33 bits per heavy atom. The minimum atomic E-state index is -0.836. The molecule has 2 aromatic heterocycles. The minimum absolute atomic E-state index is 0.139. The van der Waals surface area contributed by atoms with Crippen molar-refractivity contribution < 1.29 is 18.7 Å². The van der Waals surface area contributed by atoms with Crippen LogP contribution in [0.25, 0.3) is 11.0 Å². The second-order valence-electron chi connectivity index (χ2n) is 5.97. The average molecular weight is 406 g/mol. The third-order valence-electron chi connectivity index (χ3n) is 3.93. The molecule has 27 heavy (non-hydrogen) atoms. The fourth-order valence-corrected chi connectivity index (χ4v) is 3.27. The van der Waals surface area contributed by atoms with Crippen molar-refractivity contribution in [2.75, 3.05) is 0 Å². The molecule has 0 bridgehead atoms. The first-order valence-corrected chi connectivity index (χ1v) is 9.35. The maximum Gasteiger partial charge on any atom is 0.336 e. The van der Waals surface area contributed by atoms with E-state index in [0.717, 1.165) is 5.56 Å². The number of halogens is 1. The zero-order valence-electron chi connectivity index (χ0n) is 14.6. The number of carbonyl (C=O) groups is 2. The standard InChI is InChI=1S/C19H16ClNO5S/c1-10-6-15-13(8-14(10)20)12(7-17(22)26-15)9-25-19(24)11(2)21-18(23)16-4-3-5-27-16/h3-8,11H,9H2,1-2H3,(H,21,23). The van der Waals surface area contributed by atoms with Crippen LogP contribution in [0.5, 0.6) is 0 Å². The molecule has 3 rings (SSSR count). The molecular formula is C19H16ClNO5S. The predicted molar refractivity (Wildman–Crippen MR) is 103 cm³/mol.